The Bertz CT molecular complexity index is 663. The van der Waals surface area contributed by atoms with Gasteiger partial charge in [-0.2, -0.15) is 0 Å². The van der Waals surface area contributed by atoms with Gasteiger partial charge < -0.3 is 15.5 Å². The van der Waals surface area contributed by atoms with Crippen molar-refractivity contribution in [1.82, 2.24) is 15.5 Å². The molecular formula is C20H30ClIN4O. The van der Waals surface area contributed by atoms with Crippen molar-refractivity contribution >= 4 is 47.4 Å². The number of halogens is 2. The van der Waals surface area contributed by atoms with E-state index in [0.717, 1.165) is 69.4 Å². The van der Waals surface area contributed by atoms with Crippen LogP contribution in [0.1, 0.15) is 44.6 Å². The first-order valence-corrected chi connectivity index (χ1v) is 10.1. The van der Waals surface area contributed by atoms with Crippen LogP contribution in [0, 0.1) is 0 Å². The van der Waals surface area contributed by atoms with E-state index in [9.17, 15) is 4.79 Å². The van der Waals surface area contributed by atoms with E-state index in [1.807, 2.05) is 17.0 Å². The third-order valence-electron chi connectivity index (χ3n) is 5.24. The van der Waals surface area contributed by atoms with E-state index in [1.165, 1.54) is 5.56 Å². The topological polar surface area (TPSA) is 56.7 Å². The van der Waals surface area contributed by atoms with Gasteiger partial charge in [0.15, 0.2) is 5.96 Å². The predicted octanol–water partition coefficient (Wildman–Crippen LogP) is 3.56. The molecule has 0 radical (unpaired) electrons. The summed E-state index contributed by atoms with van der Waals surface area (Å²) in [6.07, 6.45) is 4.97. The molecule has 0 bridgehead atoms. The minimum Gasteiger partial charge on any atom is -0.357 e. The van der Waals surface area contributed by atoms with Crippen LogP contribution in [0.4, 0.5) is 0 Å². The average Bonchev–Trinajstić information content (AvgIpc) is 3.32. The van der Waals surface area contributed by atoms with Crippen molar-refractivity contribution in [3.05, 3.63) is 34.9 Å². The fraction of sp³-hybridized carbons (Fsp3) is 0.600. The number of hydrogen-bond acceptors (Lipinski definition) is 2. The molecule has 1 saturated heterocycles. The summed E-state index contributed by atoms with van der Waals surface area (Å²) in [6, 6.07) is 8.16. The lowest BCUT2D eigenvalue weighted by Crippen LogP contribution is -2.39. The summed E-state index contributed by atoms with van der Waals surface area (Å²) < 4.78 is 0. The first-order chi connectivity index (χ1) is 12.6. The molecule has 1 amide bonds. The molecule has 1 saturated carbocycles. The fourth-order valence-electron chi connectivity index (χ4n) is 3.50. The Morgan fingerprint density at radius 1 is 1.33 bits per heavy atom. The Balaban J connectivity index is 0.00000261. The van der Waals surface area contributed by atoms with Crippen LogP contribution in [0.2, 0.25) is 5.02 Å². The van der Waals surface area contributed by atoms with E-state index in [1.54, 1.807) is 0 Å². The van der Waals surface area contributed by atoms with Gasteiger partial charge in [-0.15, -0.1) is 24.0 Å². The summed E-state index contributed by atoms with van der Waals surface area (Å²) in [5.74, 6) is 1.15. The number of hydrogen-bond donors (Lipinski definition) is 2. The molecule has 1 aromatic carbocycles. The van der Waals surface area contributed by atoms with Gasteiger partial charge in [-0.25, -0.2) is 0 Å². The fourth-order valence-corrected chi connectivity index (χ4v) is 3.69. The molecule has 2 aliphatic rings. The van der Waals surface area contributed by atoms with Crippen molar-refractivity contribution in [3.63, 3.8) is 0 Å². The highest BCUT2D eigenvalue weighted by molar-refractivity contribution is 14.0. The van der Waals surface area contributed by atoms with Gasteiger partial charge in [-0.3, -0.25) is 9.79 Å². The van der Waals surface area contributed by atoms with Crippen molar-refractivity contribution in [2.24, 2.45) is 4.99 Å². The summed E-state index contributed by atoms with van der Waals surface area (Å²) in [6.45, 7) is 6.24. The van der Waals surface area contributed by atoms with Gasteiger partial charge in [0.25, 0.3) is 0 Å². The smallest absolute Gasteiger partial charge is 0.222 e. The second-order valence-electron chi connectivity index (χ2n) is 7.25. The highest BCUT2D eigenvalue weighted by Crippen LogP contribution is 2.48. The van der Waals surface area contributed by atoms with Crippen LogP contribution in [0.3, 0.4) is 0 Å². The molecule has 1 aromatic rings. The lowest BCUT2D eigenvalue weighted by molar-refractivity contribution is -0.127. The predicted molar refractivity (Wildman–Crippen MR) is 122 cm³/mol. The van der Waals surface area contributed by atoms with Crippen LogP contribution >= 0.6 is 35.6 Å². The molecule has 1 aliphatic heterocycles. The van der Waals surface area contributed by atoms with Crippen LogP contribution in [-0.2, 0) is 10.2 Å². The molecule has 1 aliphatic carbocycles. The van der Waals surface area contributed by atoms with Gasteiger partial charge in [-0.1, -0.05) is 23.7 Å². The van der Waals surface area contributed by atoms with Gasteiger partial charge in [0.1, 0.15) is 0 Å². The zero-order valence-corrected chi connectivity index (χ0v) is 19.1. The van der Waals surface area contributed by atoms with Crippen LogP contribution in [-0.4, -0.2) is 49.5 Å². The number of carbonyl (C=O) groups is 1. The Labute approximate surface area is 184 Å². The number of nitrogens with zero attached hydrogens (tertiary/aromatic N) is 2. The Hall–Kier alpha value is -1.02. The zero-order valence-electron chi connectivity index (χ0n) is 16.0. The average molecular weight is 505 g/mol. The van der Waals surface area contributed by atoms with E-state index >= 15 is 0 Å². The maximum atomic E-state index is 11.6. The van der Waals surface area contributed by atoms with Crippen LogP contribution in [0.5, 0.6) is 0 Å². The van der Waals surface area contributed by atoms with Crippen molar-refractivity contribution in [2.75, 3.05) is 32.7 Å². The lowest BCUT2D eigenvalue weighted by atomic mass is 9.96. The SMILES string of the molecule is CCNC(=NCC1(c2cccc(Cl)c2)CC1)NCCCN1CCCC1=O.I. The molecule has 7 heteroatoms. The van der Waals surface area contributed by atoms with E-state index < -0.39 is 0 Å². The molecule has 0 aromatic heterocycles. The quantitative estimate of drug-likeness (QED) is 0.246. The van der Waals surface area contributed by atoms with Crippen molar-refractivity contribution in [2.45, 2.75) is 44.4 Å². The third-order valence-corrected chi connectivity index (χ3v) is 5.48. The Morgan fingerprint density at radius 2 is 2.15 bits per heavy atom. The maximum Gasteiger partial charge on any atom is 0.222 e. The first-order valence-electron chi connectivity index (χ1n) is 9.69. The van der Waals surface area contributed by atoms with E-state index in [2.05, 4.69) is 29.7 Å². The van der Waals surface area contributed by atoms with Gasteiger partial charge in [-0.05, 0) is 50.3 Å². The summed E-state index contributed by atoms with van der Waals surface area (Å²) in [5, 5.41) is 7.50. The standard InChI is InChI=1S/C20H29ClN4O.HI/c1-2-22-19(23-11-5-13-25-12-4-8-18(25)26)24-15-20(9-10-20)16-6-3-7-17(21)14-16;/h3,6-7,14H,2,4-5,8-13,15H2,1H3,(H2,22,23,24);1H. The van der Waals surface area contributed by atoms with Crippen molar-refractivity contribution in [3.8, 4) is 0 Å². The van der Waals surface area contributed by atoms with Gasteiger partial charge in [0.2, 0.25) is 5.91 Å². The second kappa shape index (κ2) is 10.5. The monoisotopic (exact) mass is 504 g/mol. The molecule has 3 rings (SSSR count). The van der Waals surface area contributed by atoms with Gasteiger partial charge >= 0.3 is 0 Å². The summed E-state index contributed by atoms with van der Waals surface area (Å²) in [5.41, 5.74) is 1.44. The van der Waals surface area contributed by atoms with Gasteiger partial charge in [0.05, 0.1) is 6.54 Å². The number of rotatable bonds is 8. The summed E-state index contributed by atoms with van der Waals surface area (Å²) >= 11 is 6.15. The zero-order chi connectivity index (χ0) is 18.4. The number of likely N-dealkylation sites (tertiary alicyclic amines) is 1. The highest BCUT2D eigenvalue weighted by Gasteiger charge is 2.44. The molecule has 0 spiro atoms. The van der Waals surface area contributed by atoms with Crippen LogP contribution < -0.4 is 10.6 Å². The minimum absolute atomic E-state index is 0. The number of carbonyl (C=O) groups excluding carboxylic acids is 1. The first kappa shape index (κ1) is 22.3. The molecule has 2 fully saturated rings. The van der Waals surface area contributed by atoms with E-state index in [0.29, 0.717) is 12.3 Å². The molecule has 150 valence electrons. The number of benzene rings is 1. The van der Waals surface area contributed by atoms with Crippen molar-refractivity contribution < 1.29 is 4.79 Å². The maximum absolute atomic E-state index is 11.6. The van der Waals surface area contributed by atoms with Crippen molar-refractivity contribution in [1.29, 1.82) is 0 Å². The molecule has 0 atom stereocenters. The largest absolute Gasteiger partial charge is 0.357 e. The van der Waals surface area contributed by atoms with E-state index in [4.69, 9.17) is 16.6 Å². The Morgan fingerprint density at radius 3 is 2.78 bits per heavy atom. The molecule has 2 N–H and O–H groups in total. The highest BCUT2D eigenvalue weighted by atomic mass is 127. The lowest BCUT2D eigenvalue weighted by Gasteiger charge is -2.18. The Kier molecular flexibility index (Phi) is 8.66. The molecule has 0 unspecified atom stereocenters. The third kappa shape index (κ3) is 6.24. The molecule has 5 nitrogen and oxygen atoms in total. The number of nitrogens with one attached hydrogen (secondary N) is 2. The van der Waals surface area contributed by atoms with E-state index in [-0.39, 0.29) is 29.4 Å². The van der Waals surface area contributed by atoms with Gasteiger partial charge in [0, 0.05) is 43.0 Å². The molecular weight excluding hydrogens is 475 g/mol. The second-order valence-corrected chi connectivity index (χ2v) is 7.69. The normalized spacial score (nSPS) is 18.2. The number of amides is 1. The molecule has 1 heterocycles. The number of aliphatic imine (C=N–C) groups is 1. The van der Waals surface area contributed by atoms with Crippen LogP contribution in [0.15, 0.2) is 29.3 Å². The summed E-state index contributed by atoms with van der Waals surface area (Å²) in [7, 11) is 0. The van der Waals surface area contributed by atoms with Crippen LogP contribution in [0.25, 0.3) is 0 Å². The minimum atomic E-state index is 0. The number of guanidine groups is 1. The summed E-state index contributed by atoms with van der Waals surface area (Å²) in [4.78, 5) is 18.4. The molecule has 27 heavy (non-hydrogen) atoms.